The van der Waals surface area contributed by atoms with Crippen molar-refractivity contribution in [2.45, 2.75) is 26.4 Å². The molecule has 2 nitrogen and oxygen atoms in total. The van der Waals surface area contributed by atoms with Crippen LogP contribution in [0.25, 0.3) is 0 Å². The molecule has 4 heteroatoms. The van der Waals surface area contributed by atoms with Crippen LogP contribution < -0.4 is 10.5 Å². The van der Waals surface area contributed by atoms with E-state index in [0.717, 1.165) is 12.0 Å². The van der Waals surface area contributed by atoms with Gasteiger partial charge in [0.05, 0.1) is 5.02 Å². The van der Waals surface area contributed by atoms with E-state index in [2.05, 4.69) is 0 Å². The first kappa shape index (κ1) is 12.3. The van der Waals surface area contributed by atoms with Gasteiger partial charge in [0, 0.05) is 0 Å². The number of hydrogen-bond acceptors (Lipinski definition) is 2. The smallest absolute Gasteiger partial charge is 0.148 e. The molecule has 0 aliphatic rings. The number of aryl methyl sites for hydroxylation is 1. The second-order valence-corrected chi connectivity index (χ2v) is 4.23. The molecular weight excluding hydrogens is 230 g/mol. The zero-order valence-electron chi connectivity index (χ0n) is 8.79. The largest absolute Gasteiger partial charge is 0.482 e. The molecule has 0 saturated heterocycles. The van der Waals surface area contributed by atoms with E-state index in [-0.39, 0.29) is 6.10 Å². The average Bonchev–Trinajstić information content (AvgIpc) is 2.18. The molecule has 0 bridgehead atoms. The van der Waals surface area contributed by atoms with Crippen LogP contribution in [0.4, 0.5) is 0 Å². The number of rotatable bonds is 4. The molecule has 0 aromatic heterocycles. The summed E-state index contributed by atoms with van der Waals surface area (Å²) in [5.41, 5.74) is 6.64. The highest BCUT2D eigenvalue weighted by atomic mass is 35.5. The molecule has 15 heavy (non-hydrogen) atoms. The summed E-state index contributed by atoms with van der Waals surface area (Å²) in [6.45, 7) is 3.94. The quantitative estimate of drug-likeness (QED) is 0.826. The molecular formula is C11H14ClNOS. The number of hydrogen-bond donors (Lipinski definition) is 1. The van der Waals surface area contributed by atoms with Crippen LogP contribution in [-0.2, 0) is 0 Å². The van der Waals surface area contributed by atoms with Crippen LogP contribution in [0.3, 0.4) is 0 Å². The van der Waals surface area contributed by atoms with Crippen LogP contribution in [0.2, 0.25) is 5.02 Å². The number of nitrogens with two attached hydrogens (primary N) is 1. The molecule has 0 aliphatic heterocycles. The van der Waals surface area contributed by atoms with Gasteiger partial charge < -0.3 is 10.5 Å². The average molecular weight is 244 g/mol. The standard InChI is InChI=1S/C11H14ClNOS/c1-3-9(11(13)15)14-10-6-7(2)4-5-8(10)12/h4-6,9H,3H2,1-2H3,(H2,13,15). The molecule has 0 fully saturated rings. The Morgan fingerprint density at radius 2 is 2.27 bits per heavy atom. The zero-order valence-corrected chi connectivity index (χ0v) is 10.4. The second kappa shape index (κ2) is 5.33. The first-order valence-corrected chi connectivity index (χ1v) is 5.55. The Kier molecular flexibility index (Phi) is 4.36. The van der Waals surface area contributed by atoms with Gasteiger partial charge in [-0.3, -0.25) is 0 Å². The lowest BCUT2D eigenvalue weighted by Crippen LogP contribution is -2.31. The van der Waals surface area contributed by atoms with E-state index in [1.807, 2.05) is 26.0 Å². The van der Waals surface area contributed by atoms with E-state index in [9.17, 15) is 0 Å². The number of ether oxygens (including phenoxy) is 1. The Hall–Kier alpha value is -0.800. The Morgan fingerprint density at radius 3 is 2.80 bits per heavy atom. The van der Waals surface area contributed by atoms with E-state index in [1.54, 1.807) is 6.07 Å². The van der Waals surface area contributed by atoms with Crippen LogP contribution in [0, 0.1) is 6.92 Å². The van der Waals surface area contributed by atoms with Crippen molar-refractivity contribution in [1.82, 2.24) is 0 Å². The summed E-state index contributed by atoms with van der Waals surface area (Å²) in [7, 11) is 0. The van der Waals surface area contributed by atoms with Gasteiger partial charge in [0.1, 0.15) is 16.8 Å². The summed E-state index contributed by atoms with van der Waals surface area (Å²) >= 11 is 10.9. The minimum Gasteiger partial charge on any atom is -0.482 e. The molecule has 0 saturated carbocycles. The van der Waals surface area contributed by atoms with Crippen molar-refractivity contribution in [1.29, 1.82) is 0 Å². The van der Waals surface area contributed by atoms with Crippen LogP contribution >= 0.6 is 23.8 Å². The third-order valence-electron chi connectivity index (χ3n) is 2.04. The third-order valence-corrected chi connectivity index (χ3v) is 2.62. The monoisotopic (exact) mass is 243 g/mol. The van der Waals surface area contributed by atoms with Gasteiger partial charge in [-0.15, -0.1) is 0 Å². The topological polar surface area (TPSA) is 35.2 Å². The summed E-state index contributed by atoms with van der Waals surface area (Å²) in [6.07, 6.45) is 0.485. The summed E-state index contributed by atoms with van der Waals surface area (Å²) in [5.74, 6) is 0.635. The fraction of sp³-hybridized carbons (Fsp3) is 0.364. The predicted molar refractivity (Wildman–Crippen MR) is 67.7 cm³/mol. The maximum atomic E-state index is 5.99. The van der Waals surface area contributed by atoms with Gasteiger partial charge in [0.15, 0.2) is 0 Å². The molecule has 0 heterocycles. The lowest BCUT2D eigenvalue weighted by atomic mass is 10.2. The predicted octanol–water partition coefficient (Wildman–Crippen LogP) is 3.09. The van der Waals surface area contributed by atoms with Crippen molar-refractivity contribution < 1.29 is 4.74 Å². The van der Waals surface area contributed by atoms with Gasteiger partial charge in [-0.25, -0.2) is 0 Å². The maximum absolute atomic E-state index is 5.99. The molecule has 1 aromatic carbocycles. The van der Waals surface area contributed by atoms with Crippen LogP contribution in [0.1, 0.15) is 18.9 Å². The maximum Gasteiger partial charge on any atom is 0.148 e. The molecule has 1 unspecified atom stereocenters. The zero-order chi connectivity index (χ0) is 11.4. The van der Waals surface area contributed by atoms with Crippen LogP contribution in [0.5, 0.6) is 5.75 Å². The highest BCUT2D eigenvalue weighted by Crippen LogP contribution is 2.26. The van der Waals surface area contributed by atoms with E-state index >= 15 is 0 Å². The Labute approximate surface area is 100 Å². The van der Waals surface area contributed by atoms with Crippen LogP contribution in [-0.4, -0.2) is 11.1 Å². The first-order valence-electron chi connectivity index (χ1n) is 4.76. The highest BCUT2D eigenvalue weighted by Gasteiger charge is 2.13. The summed E-state index contributed by atoms with van der Waals surface area (Å²) in [5, 5.41) is 0.579. The molecule has 2 N–H and O–H groups in total. The number of benzene rings is 1. The van der Waals surface area contributed by atoms with E-state index < -0.39 is 0 Å². The Bertz CT molecular complexity index is 368. The van der Waals surface area contributed by atoms with E-state index in [0.29, 0.717) is 15.8 Å². The van der Waals surface area contributed by atoms with Crippen molar-refractivity contribution in [3.05, 3.63) is 28.8 Å². The molecule has 0 radical (unpaired) electrons. The third kappa shape index (κ3) is 3.36. The fourth-order valence-electron chi connectivity index (χ4n) is 1.20. The highest BCUT2D eigenvalue weighted by molar-refractivity contribution is 7.80. The lowest BCUT2D eigenvalue weighted by Gasteiger charge is -2.17. The summed E-state index contributed by atoms with van der Waals surface area (Å²) in [4.78, 5) is 0.357. The Balaban J connectivity index is 2.87. The van der Waals surface area contributed by atoms with Gasteiger partial charge in [-0.05, 0) is 31.0 Å². The minimum atomic E-state index is -0.251. The van der Waals surface area contributed by atoms with Gasteiger partial charge >= 0.3 is 0 Å². The fourth-order valence-corrected chi connectivity index (χ4v) is 1.57. The number of halogens is 1. The molecule has 1 aromatic rings. The molecule has 1 rings (SSSR count). The minimum absolute atomic E-state index is 0.251. The second-order valence-electron chi connectivity index (χ2n) is 3.35. The van der Waals surface area contributed by atoms with Crippen molar-refractivity contribution in [3.63, 3.8) is 0 Å². The SMILES string of the molecule is CCC(Oc1cc(C)ccc1Cl)C(N)=S. The van der Waals surface area contributed by atoms with Gasteiger partial charge in [-0.1, -0.05) is 36.8 Å². The molecule has 1 atom stereocenters. The molecule has 0 spiro atoms. The van der Waals surface area contributed by atoms with E-state index in [4.69, 9.17) is 34.3 Å². The van der Waals surface area contributed by atoms with Crippen molar-refractivity contribution in [2.75, 3.05) is 0 Å². The summed E-state index contributed by atoms with van der Waals surface area (Å²) < 4.78 is 5.64. The normalized spacial score (nSPS) is 12.2. The van der Waals surface area contributed by atoms with Gasteiger partial charge in [-0.2, -0.15) is 0 Å². The van der Waals surface area contributed by atoms with Crippen molar-refractivity contribution in [2.24, 2.45) is 5.73 Å². The summed E-state index contributed by atoms with van der Waals surface area (Å²) in [6, 6.07) is 5.61. The van der Waals surface area contributed by atoms with Crippen molar-refractivity contribution in [3.8, 4) is 5.75 Å². The Morgan fingerprint density at radius 1 is 1.60 bits per heavy atom. The van der Waals surface area contributed by atoms with Gasteiger partial charge in [0.25, 0.3) is 0 Å². The molecule has 82 valence electrons. The van der Waals surface area contributed by atoms with Gasteiger partial charge in [0.2, 0.25) is 0 Å². The first-order chi connectivity index (χ1) is 7.04. The molecule has 0 aliphatic carbocycles. The van der Waals surface area contributed by atoms with Crippen molar-refractivity contribution >= 4 is 28.8 Å². The molecule has 0 amide bonds. The van der Waals surface area contributed by atoms with E-state index in [1.165, 1.54) is 0 Å². The number of thiocarbonyl (C=S) groups is 1. The van der Waals surface area contributed by atoms with Crippen LogP contribution in [0.15, 0.2) is 18.2 Å². The lowest BCUT2D eigenvalue weighted by molar-refractivity contribution is 0.264.